The van der Waals surface area contributed by atoms with Crippen LogP contribution in [0.1, 0.15) is 28.5 Å². The number of nitrogens with zero attached hydrogens (tertiary/aromatic N) is 1. The fourth-order valence-corrected chi connectivity index (χ4v) is 4.01. The molecular weight excluding hydrogens is 284 g/mol. The van der Waals surface area contributed by atoms with Crippen molar-refractivity contribution < 1.29 is 0 Å². The number of likely N-dealkylation sites (N-methyl/N-ethyl adjacent to an activating group) is 1. The first kappa shape index (κ1) is 15.7. The second kappa shape index (κ2) is 7.93. The van der Waals surface area contributed by atoms with Crippen LogP contribution in [-0.4, -0.2) is 24.5 Å². The fourth-order valence-electron chi connectivity index (χ4n) is 2.13. The summed E-state index contributed by atoms with van der Waals surface area (Å²) in [5.74, 6) is 0. The number of thiophene rings is 2. The van der Waals surface area contributed by atoms with Crippen LogP contribution in [0.4, 0.5) is 0 Å². The Morgan fingerprint density at radius 3 is 2.70 bits per heavy atom. The van der Waals surface area contributed by atoms with Crippen molar-refractivity contribution >= 4 is 22.7 Å². The summed E-state index contributed by atoms with van der Waals surface area (Å²) in [6.45, 7) is 7.53. The Balaban J connectivity index is 1.83. The molecule has 2 aromatic heterocycles. The molecule has 20 heavy (non-hydrogen) atoms. The van der Waals surface area contributed by atoms with E-state index in [-0.39, 0.29) is 0 Å². The van der Waals surface area contributed by atoms with Gasteiger partial charge in [0.25, 0.3) is 0 Å². The maximum atomic E-state index is 3.38. The van der Waals surface area contributed by atoms with Crippen LogP contribution in [0, 0.1) is 0 Å². The normalized spacial score (nSPS) is 13.0. The van der Waals surface area contributed by atoms with Gasteiger partial charge in [-0.2, -0.15) is 0 Å². The zero-order valence-electron chi connectivity index (χ0n) is 12.6. The molecule has 0 aliphatic rings. The SMILES string of the molecule is CCNCc1ccc(CN(C)C(C)Cc2cccs2)s1. The fraction of sp³-hybridized carbons (Fsp3) is 0.500. The van der Waals surface area contributed by atoms with Gasteiger partial charge in [0.2, 0.25) is 0 Å². The Labute approximate surface area is 130 Å². The lowest BCUT2D eigenvalue weighted by molar-refractivity contribution is 0.251. The number of rotatable bonds is 8. The van der Waals surface area contributed by atoms with E-state index in [0.717, 1.165) is 26.1 Å². The van der Waals surface area contributed by atoms with E-state index in [1.807, 2.05) is 22.7 Å². The predicted octanol–water partition coefficient (Wildman–Crippen LogP) is 3.98. The first-order valence-corrected chi connectivity index (χ1v) is 8.89. The van der Waals surface area contributed by atoms with Gasteiger partial charge in [-0.15, -0.1) is 22.7 Å². The summed E-state index contributed by atoms with van der Waals surface area (Å²) in [6.07, 6.45) is 1.14. The van der Waals surface area contributed by atoms with E-state index >= 15 is 0 Å². The van der Waals surface area contributed by atoms with Crippen molar-refractivity contribution in [2.75, 3.05) is 13.6 Å². The third-order valence-electron chi connectivity index (χ3n) is 3.50. The molecule has 110 valence electrons. The number of nitrogens with one attached hydrogen (secondary N) is 1. The summed E-state index contributed by atoms with van der Waals surface area (Å²) in [5.41, 5.74) is 0. The Bertz CT molecular complexity index is 490. The minimum absolute atomic E-state index is 0.577. The van der Waals surface area contributed by atoms with Crippen molar-refractivity contribution in [1.29, 1.82) is 0 Å². The molecule has 0 aliphatic carbocycles. The van der Waals surface area contributed by atoms with Crippen LogP contribution in [0.3, 0.4) is 0 Å². The molecule has 0 amide bonds. The molecule has 0 saturated carbocycles. The molecular formula is C16H24N2S2. The van der Waals surface area contributed by atoms with Gasteiger partial charge >= 0.3 is 0 Å². The van der Waals surface area contributed by atoms with Crippen LogP contribution >= 0.6 is 22.7 Å². The van der Waals surface area contributed by atoms with Gasteiger partial charge in [0, 0.05) is 33.8 Å². The second-order valence-corrected chi connectivity index (χ2v) is 7.48. The molecule has 1 N–H and O–H groups in total. The van der Waals surface area contributed by atoms with Gasteiger partial charge in [0.15, 0.2) is 0 Å². The summed E-state index contributed by atoms with van der Waals surface area (Å²) in [7, 11) is 2.22. The summed E-state index contributed by atoms with van der Waals surface area (Å²) in [4.78, 5) is 6.81. The molecule has 0 fully saturated rings. The van der Waals surface area contributed by atoms with Gasteiger partial charge in [0.1, 0.15) is 0 Å². The molecule has 0 aromatic carbocycles. The van der Waals surface area contributed by atoms with E-state index in [2.05, 4.69) is 60.8 Å². The zero-order valence-corrected chi connectivity index (χ0v) is 14.2. The zero-order chi connectivity index (χ0) is 14.4. The molecule has 0 bridgehead atoms. The van der Waals surface area contributed by atoms with Crippen LogP contribution in [0.5, 0.6) is 0 Å². The minimum atomic E-state index is 0.577. The van der Waals surface area contributed by atoms with Crippen molar-refractivity contribution in [1.82, 2.24) is 10.2 Å². The number of hydrogen-bond donors (Lipinski definition) is 1. The van der Waals surface area contributed by atoms with Gasteiger partial charge < -0.3 is 5.32 Å². The molecule has 2 nitrogen and oxygen atoms in total. The monoisotopic (exact) mass is 308 g/mol. The summed E-state index contributed by atoms with van der Waals surface area (Å²) in [6, 6.07) is 9.47. The highest BCUT2D eigenvalue weighted by atomic mass is 32.1. The molecule has 0 radical (unpaired) electrons. The number of hydrogen-bond acceptors (Lipinski definition) is 4. The van der Waals surface area contributed by atoms with Crippen LogP contribution in [0.25, 0.3) is 0 Å². The van der Waals surface area contributed by atoms with Gasteiger partial charge in [-0.1, -0.05) is 13.0 Å². The molecule has 1 unspecified atom stereocenters. The van der Waals surface area contributed by atoms with E-state index in [1.165, 1.54) is 14.6 Å². The van der Waals surface area contributed by atoms with Gasteiger partial charge in [-0.3, -0.25) is 4.90 Å². The van der Waals surface area contributed by atoms with Crippen LogP contribution in [0.2, 0.25) is 0 Å². The first-order chi connectivity index (χ1) is 9.69. The standard InChI is InChI=1S/C16H24N2S2/c1-4-17-11-15-7-8-16(20-15)12-18(3)13(2)10-14-6-5-9-19-14/h5-9,13,17H,4,10-12H2,1-3H3. The van der Waals surface area contributed by atoms with Gasteiger partial charge in [-0.25, -0.2) is 0 Å². The molecule has 0 saturated heterocycles. The second-order valence-electron chi connectivity index (χ2n) is 5.20. The largest absolute Gasteiger partial charge is 0.312 e. The van der Waals surface area contributed by atoms with E-state index in [4.69, 9.17) is 0 Å². The van der Waals surface area contributed by atoms with E-state index in [9.17, 15) is 0 Å². The van der Waals surface area contributed by atoms with Crippen molar-refractivity contribution in [3.05, 3.63) is 44.3 Å². The third kappa shape index (κ3) is 4.70. The van der Waals surface area contributed by atoms with Crippen molar-refractivity contribution in [3.63, 3.8) is 0 Å². The van der Waals surface area contributed by atoms with E-state index in [1.54, 1.807) is 0 Å². The highest BCUT2D eigenvalue weighted by Crippen LogP contribution is 2.20. The molecule has 2 aromatic rings. The lowest BCUT2D eigenvalue weighted by atomic mass is 10.2. The third-order valence-corrected chi connectivity index (χ3v) is 5.47. The first-order valence-electron chi connectivity index (χ1n) is 7.20. The Hall–Kier alpha value is -0.680. The average Bonchev–Trinajstić information content (AvgIpc) is 3.08. The Morgan fingerprint density at radius 2 is 2.00 bits per heavy atom. The highest BCUT2D eigenvalue weighted by Gasteiger charge is 2.12. The van der Waals surface area contributed by atoms with Crippen LogP contribution in [0.15, 0.2) is 29.6 Å². The Kier molecular flexibility index (Phi) is 6.23. The molecule has 2 heterocycles. The van der Waals surface area contributed by atoms with Crippen molar-refractivity contribution in [2.45, 2.75) is 39.4 Å². The topological polar surface area (TPSA) is 15.3 Å². The summed E-state index contributed by atoms with van der Waals surface area (Å²) < 4.78 is 0. The van der Waals surface area contributed by atoms with Crippen LogP contribution < -0.4 is 5.32 Å². The summed E-state index contributed by atoms with van der Waals surface area (Å²) in [5, 5.41) is 5.54. The Morgan fingerprint density at radius 1 is 1.20 bits per heavy atom. The molecule has 1 atom stereocenters. The quantitative estimate of drug-likeness (QED) is 0.793. The maximum Gasteiger partial charge on any atom is 0.0327 e. The van der Waals surface area contributed by atoms with Crippen molar-refractivity contribution in [3.8, 4) is 0 Å². The average molecular weight is 309 g/mol. The van der Waals surface area contributed by atoms with E-state index in [0.29, 0.717) is 6.04 Å². The van der Waals surface area contributed by atoms with Gasteiger partial charge in [-0.05, 0) is 50.5 Å². The molecule has 0 spiro atoms. The highest BCUT2D eigenvalue weighted by molar-refractivity contribution is 7.12. The summed E-state index contributed by atoms with van der Waals surface area (Å²) >= 11 is 3.78. The lowest BCUT2D eigenvalue weighted by Crippen LogP contribution is -2.29. The smallest absolute Gasteiger partial charge is 0.0327 e. The van der Waals surface area contributed by atoms with Gasteiger partial charge in [0.05, 0.1) is 0 Å². The van der Waals surface area contributed by atoms with E-state index < -0.39 is 0 Å². The predicted molar refractivity (Wildman–Crippen MR) is 90.7 cm³/mol. The van der Waals surface area contributed by atoms with Crippen molar-refractivity contribution in [2.24, 2.45) is 0 Å². The van der Waals surface area contributed by atoms with Crippen LogP contribution in [-0.2, 0) is 19.5 Å². The lowest BCUT2D eigenvalue weighted by Gasteiger charge is -2.23. The molecule has 4 heteroatoms. The minimum Gasteiger partial charge on any atom is -0.312 e. The molecule has 0 aliphatic heterocycles. The maximum absolute atomic E-state index is 3.38. The molecule has 2 rings (SSSR count).